The Morgan fingerprint density at radius 1 is 1.06 bits per heavy atom. The van der Waals surface area contributed by atoms with Gasteiger partial charge in [-0.05, 0) is 62.2 Å². The van der Waals surface area contributed by atoms with Gasteiger partial charge < -0.3 is 30.9 Å². The van der Waals surface area contributed by atoms with Crippen LogP contribution in [0.4, 0.5) is 5.69 Å². The molecule has 5 N–H and O–H groups in total. The van der Waals surface area contributed by atoms with Gasteiger partial charge in [-0.2, -0.15) is 0 Å². The molecule has 188 valence electrons. The van der Waals surface area contributed by atoms with Gasteiger partial charge in [0.25, 0.3) is 5.91 Å². The van der Waals surface area contributed by atoms with E-state index in [1.807, 2.05) is 0 Å². The fourth-order valence-electron chi connectivity index (χ4n) is 3.65. The molecule has 0 bridgehead atoms. The number of amides is 2. The Morgan fingerprint density at radius 3 is 2.43 bits per heavy atom. The third-order valence-electron chi connectivity index (χ3n) is 5.28. The maximum absolute atomic E-state index is 11.2. The van der Waals surface area contributed by atoms with Gasteiger partial charge >= 0.3 is 0 Å². The van der Waals surface area contributed by atoms with E-state index in [0.717, 1.165) is 7.11 Å². The SMILES string of the molecule is CO.NC(=O)COc1ccc(NC(=O)CO)c2ncccc12.c1ccc(CCN2CCCC2)cc1. The van der Waals surface area contributed by atoms with E-state index in [1.165, 1.54) is 44.5 Å². The summed E-state index contributed by atoms with van der Waals surface area (Å²) in [7, 11) is 1.00. The van der Waals surface area contributed by atoms with Crippen molar-refractivity contribution in [3.63, 3.8) is 0 Å². The highest BCUT2D eigenvalue weighted by molar-refractivity contribution is 6.02. The van der Waals surface area contributed by atoms with Crippen molar-refractivity contribution >= 4 is 28.4 Å². The molecular formula is C26H34N4O5. The van der Waals surface area contributed by atoms with Gasteiger partial charge in [-0.1, -0.05) is 30.3 Å². The number of hydrogen-bond acceptors (Lipinski definition) is 7. The normalized spacial score (nSPS) is 12.7. The summed E-state index contributed by atoms with van der Waals surface area (Å²) in [5.74, 6) is -0.684. The van der Waals surface area contributed by atoms with E-state index in [0.29, 0.717) is 22.3 Å². The second-order valence-electron chi connectivity index (χ2n) is 7.76. The van der Waals surface area contributed by atoms with E-state index in [-0.39, 0.29) is 6.61 Å². The zero-order valence-electron chi connectivity index (χ0n) is 20.0. The molecule has 1 saturated heterocycles. The van der Waals surface area contributed by atoms with Crippen LogP contribution in [-0.2, 0) is 16.0 Å². The van der Waals surface area contributed by atoms with Gasteiger partial charge in [-0.3, -0.25) is 14.6 Å². The molecule has 35 heavy (non-hydrogen) atoms. The van der Waals surface area contributed by atoms with Gasteiger partial charge in [-0.15, -0.1) is 0 Å². The van der Waals surface area contributed by atoms with E-state index < -0.39 is 18.4 Å². The van der Waals surface area contributed by atoms with Gasteiger partial charge in [0.2, 0.25) is 5.91 Å². The zero-order valence-corrected chi connectivity index (χ0v) is 20.0. The Bertz CT molecular complexity index is 1060. The number of pyridine rings is 1. The lowest BCUT2D eigenvalue weighted by atomic mass is 10.1. The molecule has 1 aliphatic rings. The van der Waals surface area contributed by atoms with Crippen LogP contribution in [0.15, 0.2) is 60.8 Å². The average molecular weight is 483 g/mol. The third kappa shape index (κ3) is 9.32. The van der Waals surface area contributed by atoms with Crippen molar-refractivity contribution in [2.75, 3.05) is 45.3 Å². The predicted molar refractivity (Wildman–Crippen MR) is 136 cm³/mol. The number of carbonyl (C=O) groups excluding carboxylic acids is 2. The summed E-state index contributed by atoms with van der Waals surface area (Å²) in [5, 5.41) is 18.9. The summed E-state index contributed by atoms with van der Waals surface area (Å²) in [6.07, 6.45) is 5.57. The first kappa shape index (κ1) is 27.7. The minimum absolute atomic E-state index is 0.244. The highest BCUT2D eigenvalue weighted by Crippen LogP contribution is 2.30. The largest absolute Gasteiger partial charge is 0.483 e. The molecule has 9 heteroatoms. The Balaban J connectivity index is 0.000000248. The predicted octanol–water partition coefficient (Wildman–Crippen LogP) is 1.96. The summed E-state index contributed by atoms with van der Waals surface area (Å²) >= 11 is 0. The lowest BCUT2D eigenvalue weighted by molar-refractivity contribution is -0.120. The van der Waals surface area contributed by atoms with Crippen LogP contribution in [0.1, 0.15) is 18.4 Å². The van der Waals surface area contributed by atoms with Crippen molar-refractivity contribution in [2.24, 2.45) is 5.73 Å². The first-order chi connectivity index (χ1) is 17.1. The molecule has 0 spiro atoms. The number of aliphatic hydroxyl groups is 2. The molecule has 1 fully saturated rings. The minimum Gasteiger partial charge on any atom is -0.483 e. The lowest BCUT2D eigenvalue weighted by Gasteiger charge is -2.13. The van der Waals surface area contributed by atoms with Crippen molar-refractivity contribution in [2.45, 2.75) is 19.3 Å². The van der Waals surface area contributed by atoms with Gasteiger partial charge in [-0.25, -0.2) is 0 Å². The number of aromatic nitrogens is 1. The highest BCUT2D eigenvalue weighted by atomic mass is 16.5. The molecule has 4 rings (SSSR count). The summed E-state index contributed by atoms with van der Waals surface area (Å²) in [6, 6.07) is 17.4. The topological polar surface area (TPSA) is 138 Å². The second-order valence-corrected chi connectivity index (χ2v) is 7.76. The number of rotatable bonds is 8. The summed E-state index contributed by atoms with van der Waals surface area (Å²) in [4.78, 5) is 28.7. The lowest BCUT2D eigenvalue weighted by Crippen LogP contribution is -2.21. The number of likely N-dealkylation sites (tertiary alicyclic amines) is 1. The molecular weight excluding hydrogens is 448 g/mol. The number of primary amides is 1. The molecule has 3 aromatic rings. The number of nitrogens with zero attached hydrogens (tertiary/aromatic N) is 2. The van der Waals surface area contributed by atoms with Crippen molar-refractivity contribution in [1.82, 2.24) is 9.88 Å². The van der Waals surface area contributed by atoms with Crippen LogP contribution >= 0.6 is 0 Å². The molecule has 0 saturated carbocycles. The quantitative estimate of drug-likeness (QED) is 0.385. The molecule has 9 nitrogen and oxygen atoms in total. The van der Waals surface area contributed by atoms with Gasteiger partial charge in [0.15, 0.2) is 6.61 Å². The molecule has 2 aromatic carbocycles. The first-order valence-corrected chi connectivity index (χ1v) is 11.5. The van der Waals surface area contributed by atoms with Crippen LogP contribution in [0.3, 0.4) is 0 Å². The zero-order chi connectivity index (χ0) is 25.5. The Kier molecular flexibility index (Phi) is 12.2. The average Bonchev–Trinajstić information content (AvgIpc) is 3.43. The number of aliphatic hydroxyl groups excluding tert-OH is 2. The smallest absolute Gasteiger partial charge is 0.255 e. The van der Waals surface area contributed by atoms with Crippen molar-refractivity contribution in [1.29, 1.82) is 0 Å². The van der Waals surface area contributed by atoms with Crippen molar-refractivity contribution in [3.8, 4) is 5.75 Å². The number of benzene rings is 2. The van der Waals surface area contributed by atoms with Crippen LogP contribution in [0, 0.1) is 0 Å². The van der Waals surface area contributed by atoms with Crippen molar-refractivity contribution < 1.29 is 24.5 Å². The number of fused-ring (bicyclic) bond motifs is 1. The van der Waals surface area contributed by atoms with E-state index in [4.69, 9.17) is 20.7 Å². The maximum Gasteiger partial charge on any atom is 0.255 e. The van der Waals surface area contributed by atoms with Gasteiger partial charge in [0.05, 0.1) is 11.2 Å². The first-order valence-electron chi connectivity index (χ1n) is 11.5. The molecule has 0 radical (unpaired) electrons. The van der Waals surface area contributed by atoms with Crippen LogP contribution < -0.4 is 15.8 Å². The molecule has 2 heterocycles. The number of ether oxygens (including phenoxy) is 1. The second kappa shape index (κ2) is 15.4. The van der Waals surface area contributed by atoms with Gasteiger partial charge in [0, 0.05) is 25.2 Å². The van der Waals surface area contributed by atoms with E-state index >= 15 is 0 Å². The number of carbonyl (C=O) groups is 2. The standard InChI is InChI=1S/C13H13N3O4.C12H17N.CH4O/c14-11(18)7-20-10-4-3-9(16-12(19)6-17)13-8(10)2-1-5-15-13;1-2-6-12(7-3-1)8-11-13-9-4-5-10-13;1-2/h1-5,17H,6-7H2,(H2,14,18)(H,16,19);1-3,6-7H,4-5,8-11H2;2H,1H3. The monoisotopic (exact) mass is 482 g/mol. The molecule has 0 atom stereocenters. The summed E-state index contributed by atoms with van der Waals surface area (Å²) in [5.41, 5.74) is 7.45. The van der Waals surface area contributed by atoms with Crippen LogP contribution in [-0.4, -0.2) is 71.9 Å². The van der Waals surface area contributed by atoms with E-state index in [9.17, 15) is 9.59 Å². The minimum atomic E-state index is -0.617. The Labute approximate surface area is 205 Å². The number of hydrogen-bond donors (Lipinski definition) is 4. The van der Waals surface area contributed by atoms with E-state index in [2.05, 4.69) is 45.5 Å². The highest BCUT2D eigenvalue weighted by Gasteiger charge is 2.11. The fourth-order valence-corrected chi connectivity index (χ4v) is 3.65. The Hall–Kier alpha value is -3.53. The molecule has 0 aliphatic carbocycles. The molecule has 2 amide bonds. The summed E-state index contributed by atoms with van der Waals surface area (Å²) in [6.45, 7) is 3.00. The third-order valence-corrected chi connectivity index (χ3v) is 5.28. The summed E-state index contributed by atoms with van der Waals surface area (Å²) < 4.78 is 5.29. The number of anilines is 1. The fraction of sp³-hybridized carbons (Fsp3) is 0.346. The molecule has 1 aromatic heterocycles. The van der Waals surface area contributed by atoms with Crippen LogP contribution in [0.2, 0.25) is 0 Å². The molecule has 0 unspecified atom stereocenters. The van der Waals surface area contributed by atoms with Crippen molar-refractivity contribution in [3.05, 3.63) is 66.4 Å². The van der Waals surface area contributed by atoms with E-state index in [1.54, 1.807) is 30.5 Å². The molecule has 1 aliphatic heterocycles. The number of nitrogens with one attached hydrogen (secondary N) is 1. The number of nitrogens with two attached hydrogens (primary N) is 1. The van der Waals surface area contributed by atoms with Crippen LogP contribution in [0.5, 0.6) is 5.75 Å². The van der Waals surface area contributed by atoms with Crippen LogP contribution in [0.25, 0.3) is 10.9 Å². The maximum atomic E-state index is 11.2. The Morgan fingerprint density at radius 2 is 1.77 bits per heavy atom. The van der Waals surface area contributed by atoms with Gasteiger partial charge in [0.1, 0.15) is 12.4 Å².